The van der Waals surface area contributed by atoms with Crippen LogP contribution < -0.4 is 5.73 Å². The molecular weight excluding hydrogens is 250 g/mol. The van der Waals surface area contributed by atoms with Crippen molar-refractivity contribution < 1.29 is 9.52 Å². The van der Waals surface area contributed by atoms with E-state index in [0.717, 1.165) is 30.9 Å². The molecule has 0 aromatic carbocycles. The molecule has 1 aliphatic carbocycles. The van der Waals surface area contributed by atoms with Crippen LogP contribution in [0, 0.1) is 11.3 Å². The van der Waals surface area contributed by atoms with Gasteiger partial charge in [0.2, 0.25) is 0 Å². The van der Waals surface area contributed by atoms with Gasteiger partial charge in [-0.2, -0.15) is 0 Å². The Balaban J connectivity index is 2.07. The van der Waals surface area contributed by atoms with Crippen LogP contribution in [0.25, 0.3) is 0 Å². The molecule has 3 nitrogen and oxygen atoms in total. The van der Waals surface area contributed by atoms with Crippen LogP contribution >= 0.6 is 0 Å². The Bertz CT molecular complexity index is 405. The van der Waals surface area contributed by atoms with E-state index in [2.05, 4.69) is 13.8 Å². The molecule has 1 atom stereocenters. The maximum atomic E-state index is 10.7. The van der Waals surface area contributed by atoms with Gasteiger partial charge < -0.3 is 15.3 Å². The smallest absolute Gasteiger partial charge is 0.133 e. The van der Waals surface area contributed by atoms with Crippen molar-refractivity contribution in [1.82, 2.24) is 0 Å². The van der Waals surface area contributed by atoms with E-state index in [4.69, 9.17) is 10.2 Å². The Morgan fingerprint density at radius 1 is 1.35 bits per heavy atom. The number of rotatable bonds is 6. The molecule has 1 fully saturated rings. The summed E-state index contributed by atoms with van der Waals surface area (Å²) in [5, 5.41) is 10.7. The molecule has 114 valence electrons. The highest BCUT2D eigenvalue weighted by molar-refractivity contribution is 5.13. The Labute approximate surface area is 122 Å². The fourth-order valence-electron chi connectivity index (χ4n) is 3.57. The molecule has 2 rings (SSSR count). The van der Waals surface area contributed by atoms with Crippen LogP contribution in [-0.4, -0.2) is 11.7 Å². The van der Waals surface area contributed by atoms with E-state index in [0.29, 0.717) is 12.3 Å². The summed E-state index contributed by atoms with van der Waals surface area (Å²) in [5.74, 6) is 2.45. The van der Waals surface area contributed by atoms with Crippen molar-refractivity contribution in [3.8, 4) is 0 Å². The van der Waals surface area contributed by atoms with E-state index in [9.17, 15) is 5.11 Å². The lowest BCUT2D eigenvalue weighted by Crippen LogP contribution is -2.40. The average Bonchev–Trinajstić information content (AvgIpc) is 2.97. The van der Waals surface area contributed by atoms with Crippen molar-refractivity contribution in [2.24, 2.45) is 17.1 Å². The number of nitrogens with two attached hydrogens (primary N) is 1. The first-order valence-electron chi connectivity index (χ1n) is 8.12. The lowest BCUT2D eigenvalue weighted by Gasteiger charge is -2.42. The SMILES string of the molecule is CCCC1CCC(CN)(C(O)c2ccc(CC)o2)CC1. The fourth-order valence-corrected chi connectivity index (χ4v) is 3.57. The van der Waals surface area contributed by atoms with Gasteiger partial charge in [-0.05, 0) is 43.7 Å². The summed E-state index contributed by atoms with van der Waals surface area (Å²) in [7, 11) is 0. The van der Waals surface area contributed by atoms with Crippen molar-refractivity contribution in [3.63, 3.8) is 0 Å². The molecule has 1 aromatic rings. The van der Waals surface area contributed by atoms with E-state index in [1.165, 1.54) is 25.7 Å². The number of aliphatic hydroxyl groups is 1. The molecule has 1 saturated carbocycles. The van der Waals surface area contributed by atoms with Crippen LogP contribution in [0.2, 0.25) is 0 Å². The minimum atomic E-state index is -0.560. The fraction of sp³-hybridized carbons (Fsp3) is 0.765. The number of hydrogen-bond donors (Lipinski definition) is 2. The molecule has 1 aromatic heterocycles. The third-order valence-corrected chi connectivity index (χ3v) is 5.08. The minimum Gasteiger partial charge on any atom is -0.463 e. The average molecular weight is 279 g/mol. The molecule has 3 heteroatoms. The van der Waals surface area contributed by atoms with E-state index in [1.54, 1.807) is 0 Å². The van der Waals surface area contributed by atoms with Crippen LogP contribution in [0.4, 0.5) is 0 Å². The number of aliphatic hydroxyl groups excluding tert-OH is 1. The van der Waals surface area contributed by atoms with Gasteiger partial charge in [0, 0.05) is 18.4 Å². The van der Waals surface area contributed by atoms with Gasteiger partial charge >= 0.3 is 0 Å². The zero-order valence-corrected chi connectivity index (χ0v) is 12.9. The molecule has 1 heterocycles. The van der Waals surface area contributed by atoms with Gasteiger partial charge in [0.25, 0.3) is 0 Å². The molecule has 0 saturated heterocycles. The summed E-state index contributed by atoms with van der Waals surface area (Å²) >= 11 is 0. The molecule has 1 aliphatic rings. The third kappa shape index (κ3) is 3.09. The molecule has 3 N–H and O–H groups in total. The van der Waals surface area contributed by atoms with E-state index < -0.39 is 6.10 Å². The first-order chi connectivity index (χ1) is 9.65. The van der Waals surface area contributed by atoms with Gasteiger partial charge in [0.15, 0.2) is 0 Å². The van der Waals surface area contributed by atoms with E-state index in [-0.39, 0.29) is 5.41 Å². The van der Waals surface area contributed by atoms with Crippen molar-refractivity contribution in [2.45, 2.75) is 64.9 Å². The Kier molecular flexibility index (Phi) is 5.28. The minimum absolute atomic E-state index is 0.187. The zero-order valence-electron chi connectivity index (χ0n) is 12.9. The van der Waals surface area contributed by atoms with E-state index in [1.807, 2.05) is 12.1 Å². The molecule has 0 aliphatic heterocycles. The Morgan fingerprint density at radius 2 is 2.05 bits per heavy atom. The lowest BCUT2D eigenvalue weighted by atomic mass is 9.66. The third-order valence-electron chi connectivity index (χ3n) is 5.08. The summed E-state index contributed by atoms with van der Waals surface area (Å²) < 4.78 is 5.74. The number of aryl methyl sites for hydroxylation is 1. The van der Waals surface area contributed by atoms with Crippen LogP contribution in [0.1, 0.15) is 70.0 Å². The van der Waals surface area contributed by atoms with Gasteiger partial charge in [-0.25, -0.2) is 0 Å². The van der Waals surface area contributed by atoms with Crippen molar-refractivity contribution in [1.29, 1.82) is 0 Å². The van der Waals surface area contributed by atoms with Crippen molar-refractivity contribution in [3.05, 3.63) is 23.7 Å². The quantitative estimate of drug-likeness (QED) is 0.832. The maximum Gasteiger partial charge on any atom is 0.133 e. The molecule has 0 bridgehead atoms. The predicted molar refractivity (Wildman–Crippen MR) is 81.4 cm³/mol. The van der Waals surface area contributed by atoms with Gasteiger partial charge in [-0.1, -0.05) is 26.7 Å². The Morgan fingerprint density at radius 3 is 2.55 bits per heavy atom. The molecule has 0 spiro atoms. The monoisotopic (exact) mass is 279 g/mol. The summed E-state index contributed by atoms with van der Waals surface area (Å²) in [6, 6.07) is 3.88. The molecular formula is C17H29NO2. The standard InChI is InChI=1S/C17H29NO2/c1-3-5-13-8-10-17(12-18,11-9-13)16(19)15-7-6-14(4-2)20-15/h6-7,13,16,19H,3-5,8-12,18H2,1-2H3. The summed E-state index contributed by atoms with van der Waals surface area (Å²) in [4.78, 5) is 0. The molecule has 1 unspecified atom stereocenters. The first kappa shape index (κ1) is 15.6. The largest absolute Gasteiger partial charge is 0.463 e. The highest BCUT2D eigenvalue weighted by Crippen LogP contribution is 2.47. The van der Waals surface area contributed by atoms with Gasteiger partial charge in [-0.3, -0.25) is 0 Å². The molecule has 20 heavy (non-hydrogen) atoms. The van der Waals surface area contributed by atoms with Crippen LogP contribution in [0.3, 0.4) is 0 Å². The van der Waals surface area contributed by atoms with Crippen molar-refractivity contribution in [2.75, 3.05) is 6.54 Å². The Hall–Kier alpha value is -0.800. The molecule has 0 radical (unpaired) electrons. The van der Waals surface area contributed by atoms with Crippen molar-refractivity contribution >= 4 is 0 Å². The topological polar surface area (TPSA) is 59.4 Å². The normalized spacial score (nSPS) is 28.5. The highest BCUT2D eigenvalue weighted by Gasteiger charge is 2.42. The highest BCUT2D eigenvalue weighted by atomic mass is 16.4. The van der Waals surface area contributed by atoms with Crippen LogP contribution in [0.15, 0.2) is 16.5 Å². The summed E-state index contributed by atoms with van der Waals surface area (Å²) in [6.07, 6.45) is 7.25. The second kappa shape index (κ2) is 6.77. The van der Waals surface area contributed by atoms with Crippen LogP contribution in [0.5, 0.6) is 0 Å². The first-order valence-corrected chi connectivity index (χ1v) is 8.12. The van der Waals surface area contributed by atoms with Gasteiger partial charge in [-0.15, -0.1) is 0 Å². The zero-order chi connectivity index (χ0) is 14.6. The van der Waals surface area contributed by atoms with Gasteiger partial charge in [0.1, 0.15) is 17.6 Å². The lowest BCUT2D eigenvalue weighted by molar-refractivity contribution is -0.0239. The van der Waals surface area contributed by atoms with Crippen LogP contribution in [-0.2, 0) is 6.42 Å². The summed E-state index contributed by atoms with van der Waals surface area (Å²) in [6.45, 7) is 4.84. The predicted octanol–water partition coefficient (Wildman–Crippen LogP) is 3.81. The molecule has 0 amide bonds. The van der Waals surface area contributed by atoms with Gasteiger partial charge in [0.05, 0.1) is 0 Å². The second-order valence-corrected chi connectivity index (χ2v) is 6.36. The maximum absolute atomic E-state index is 10.7. The number of hydrogen-bond acceptors (Lipinski definition) is 3. The number of furan rings is 1. The second-order valence-electron chi connectivity index (χ2n) is 6.36. The van der Waals surface area contributed by atoms with E-state index >= 15 is 0 Å². The summed E-state index contributed by atoms with van der Waals surface area (Å²) in [5.41, 5.74) is 5.85.